The van der Waals surface area contributed by atoms with E-state index in [1.165, 1.54) is 11.3 Å². The van der Waals surface area contributed by atoms with Crippen molar-refractivity contribution in [3.05, 3.63) is 44.9 Å². The van der Waals surface area contributed by atoms with E-state index in [2.05, 4.69) is 4.98 Å². The number of thiophene rings is 1. The summed E-state index contributed by atoms with van der Waals surface area (Å²) in [5.41, 5.74) is 7.73. The number of nitrogens with two attached hydrogens (primary N) is 1. The molecule has 5 heteroatoms. The van der Waals surface area contributed by atoms with Crippen molar-refractivity contribution >= 4 is 22.9 Å². The smallest absolute Gasteiger partial charge is 0.141 e. The minimum Gasteiger partial charge on any atom is -0.486 e. The molecule has 2 N–H and O–H groups in total. The van der Waals surface area contributed by atoms with Crippen molar-refractivity contribution in [2.24, 2.45) is 5.73 Å². The van der Waals surface area contributed by atoms with Crippen LogP contribution in [0, 0.1) is 6.92 Å². The Morgan fingerprint density at radius 3 is 2.79 bits per heavy atom. The van der Waals surface area contributed by atoms with E-state index in [0.29, 0.717) is 13.0 Å². The van der Waals surface area contributed by atoms with E-state index >= 15 is 0 Å². The molecule has 19 heavy (non-hydrogen) atoms. The van der Waals surface area contributed by atoms with Crippen molar-refractivity contribution in [1.82, 2.24) is 4.98 Å². The van der Waals surface area contributed by atoms with Gasteiger partial charge < -0.3 is 10.5 Å². The van der Waals surface area contributed by atoms with E-state index in [1.807, 2.05) is 38.1 Å². The molecule has 2 rings (SSSR count). The van der Waals surface area contributed by atoms with Gasteiger partial charge in [-0.05, 0) is 38.1 Å². The van der Waals surface area contributed by atoms with Gasteiger partial charge in [0.25, 0.3) is 0 Å². The molecule has 1 unspecified atom stereocenters. The second kappa shape index (κ2) is 6.37. The molecule has 0 aliphatic heterocycles. The van der Waals surface area contributed by atoms with E-state index in [-0.39, 0.29) is 6.04 Å². The molecule has 2 aromatic heterocycles. The highest BCUT2D eigenvalue weighted by atomic mass is 35.5. The fourth-order valence-corrected chi connectivity index (χ4v) is 2.76. The predicted molar refractivity (Wildman–Crippen MR) is 80.0 cm³/mol. The molecule has 1 atom stereocenters. The fraction of sp³-hybridized carbons (Fsp3) is 0.357. The van der Waals surface area contributed by atoms with Crippen LogP contribution in [0.4, 0.5) is 0 Å². The zero-order chi connectivity index (χ0) is 13.8. The Labute approximate surface area is 122 Å². The molecule has 0 aliphatic carbocycles. The van der Waals surface area contributed by atoms with E-state index in [4.69, 9.17) is 22.1 Å². The third-order valence-electron chi connectivity index (χ3n) is 2.59. The summed E-state index contributed by atoms with van der Waals surface area (Å²) in [5, 5.41) is 0. The molecule has 0 saturated carbocycles. The largest absolute Gasteiger partial charge is 0.486 e. The Kier molecular flexibility index (Phi) is 4.80. The van der Waals surface area contributed by atoms with Crippen molar-refractivity contribution in [3.8, 4) is 5.75 Å². The van der Waals surface area contributed by atoms with Gasteiger partial charge in [-0.2, -0.15) is 0 Å². The van der Waals surface area contributed by atoms with Gasteiger partial charge in [-0.15, -0.1) is 11.3 Å². The van der Waals surface area contributed by atoms with Gasteiger partial charge in [0.05, 0.1) is 10.0 Å². The van der Waals surface area contributed by atoms with E-state index in [0.717, 1.165) is 26.4 Å². The van der Waals surface area contributed by atoms with Crippen LogP contribution in [0.1, 0.15) is 23.2 Å². The summed E-state index contributed by atoms with van der Waals surface area (Å²) >= 11 is 7.42. The van der Waals surface area contributed by atoms with Crippen LogP contribution in [0.2, 0.25) is 4.34 Å². The molecular weight excluding hydrogens is 280 g/mol. The van der Waals surface area contributed by atoms with Crippen LogP contribution in [0.5, 0.6) is 5.75 Å². The predicted octanol–water partition coefficient (Wildman–Crippen LogP) is 3.57. The zero-order valence-corrected chi connectivity index (χ0v) is 12.6. The van der Waals surface area contributed by atoms with Crippen molar-refractivity contribution in [2.75, 3.05) is 0 Å². The van der Waals surface area contributed by atoms with Gasteiger partial charge in [0.15, 0.2) is 0 Å². The molecular formula is C14H17ClN2OS. The molecule has 0 amide bonds. The number of aryl methyl sites for hydroxylation is 1. The summed E-state index contributed by atoms with van der Waals surface area (Å²) < 4.78 is 6.60. The van der Waals surface area contributed by atoms with Crippen LogP contribution in [-0.2, 0) is 13.0 Å². The standard InChI is InChI=1S/C14H17ClN2OS/c1-9(16)7-12-13(5-3-10(2)17-12)18-8-11-4-6-14(15)19-11/h3-6,9H,7-8,16H2,1-2H3. The number of hydrogen-bond acceptors (Lipinski definition) is 4. The highest BCUT2D eigenvalue weighted by molar-refractivity contribution is 7.16. The van der Waals surface area contributed by atoms with Gasteiger partial charge in [0.2, 0.25) is 0 Å². The minimum atomic E-state index is 0.0628. The van der Waals surface area contributed by atoms with Crippen LogP contribution in [0.3, 0.4) is 0 Å². The summed E-state index contributed by atoms with van der Waals surface area (Å²) in [5.74, 6) is 0.799. The molecule has 3 nitrogen and oxygen atoms in total. The Morgan fingerprint density at radius 2 is 2.16 bits per heavy atom. The monoisotopic (exact) mass is 296 g/mol. The first-order valence-electron chi connectivity index (χ1n) is 6.13. The lowest BCUT2D eigenvalue weighted by molar-refractivity contribution is 0.304. The topological polar surface area (TPSA) is 48.1 Å². The molecule has 102 valence electrons. The third-order valence-corrected chi connectivity index (χ3v) is 3.79. The Morgan fingerprint density at radius 1 is 1.37 bits per heavy atom. The second-order valence-electron chi connectivity index (χ2n) is 4.57. The van der Waals surface area contributed by atoms with Gasteiger partial charge >= 0.3 is 0 Å². The van der Waals surface area contributed by atoms with Crippen molar-refractivity contribution < 1.29 is 4.74 Å². The van der Waals surface area contributed by atoms with E-state index in [1.54, 1.807) is 0 Å². The number of aromatic nitrogens is 1. The SMILES string of the molecule is Cc1ccc(OCc2ccc(Cl)s2)c(CC(C)N)n1. The first-order valence-corrected chi connectivity index (χ1v) is 7.33. The number of halogens is 1. The zero-order valence-electron chi connectivity index (χ0n) is 11.0. The summed E-state index contributed by atoms with van der Waals surface area (Å²) in [6, 6.07) is 7.81. The molecule has 0 saturated heterocycles. The summed E-state index contributed by atoms with van der Waals surface area (Å²) in [6.07, 6.45) is 0.711. The highest BCUT2D eigenvalue weighted by Crippen LogP contribution is 2.24. The molecule has 2 aromatic rings. The summed E-state index contributed by atoms with van der Waals surface area (Å²) in [4.78, 5) is 5.60. The quantitative estimate of drug-likeness (QED) is 0.917. The van der Waals surface area contributed by atoms with Gasteiger partial charge in [-0.25, -0.2) is 0 Å². The summed E-state index contributed by atoms with van der Waals surface area (Å²) in [7, 11) is 0. The molecule has 2 heterocycles. The number of pyridine rings is 1. The van der Waals surface area contributed by atoms with Crippen molar-refractivity contribution in [2.45, 2.75) is 32.9 Å². The van der Waals surface area contributed by atoms with Crippen molar-refractivity contribution in [3.63, 3.8) is 0 Å². The lowest BCUT2D eigenvalue weighted by atomic mass is 10.1. The molecule has 0 aliphatic rings. The highest BCUT2D eigenvalue weighted by Gasteiger charge is 2.09. The maximum absolute atomic E-state index is 5.90. The maximum atomic E-state index is 5.90. The van der Waals surface area contributed by atoms with Crippen LogP contribution in [-0.4, -0.2) is 11.0 Å². The maximum Gasteiger partial charge on any atom is 0.141 e. The van der Waals surface area contributed by atoms with Crippen molar-refractivity contribution in [1.29, 1.82) is 0 Å². The molecule has 0 spiro atoms. The number of nitrogens with zero attached hydrogens (tertiary/aromatic N) is 1. The number of rotatable bonds is 5. The lowest BCUT2D eigenvalue weighted by Gasteiger charge is -2.12. The molecule has 0 aromatic carbocycles. The van der Waals surface area contributed by atoms with E-state index in [9.17, 15) is 0 Å². The average molecular weight is 297 g/mol. The van der Waals surface area contributed by atoms with Gasteiger partial charge in [-0.1, -0.05) is 11.6 Å². The van der Waals surface area contributed by atoms with Crippen LogP contribution in [0.25, 0.3) is 0 Å². The van der Waals surface area contributed by atoms with Crippen LogP contribution >= 0.6 is 22.9 Å². The minimum absolute atomic E-state index is 0.0628. The normalized spacial score (nSPS) is 12.4. The average Bonchev–Trinajstić information content (AvgIpc) is 2.73. The van der Waals surface area contributed by atoms with E-state index < -0.39 is 0 Å². The Balaban J connectivity index is 2.10. The van der Waals surface area contributed by atoms with Crippen LogP contribution in [0.15, 0.2) is 24.3 Å². The van der Waals surface area contributed by atoms with Crippen LogP contribution < -0.4 is 10.5 Å². The first-order chi connectivity index (χ1) is 9.04. The Hall–Kier alpha value is -1.10. The summed E-state index contributed by atoms with van der Waals surface area (Å²) in [6.45, 7) is 4.44. The number of ether oxygens (including phenoxy) is 1. The van der Waals surface area contributed by atoms with Gasteiger partial charge in [0, 0.05) is 23.0 Å². The van der Waals surface area contributed by atoms with Gasteiger partial charge in [-0.3, -0.25) is 4.98 Å². The molecule has 0 bridgehead atoms. The molecule has 0 fully saturated rings. The second-order valence-corrected chi connectivity index (χ2v) is 6.37. The number of hydrogen-bond donors (Lipinski definition) is 1. The Bertz CT molecular complexity index is 554. The van der Waals surface area contributed by atoms with Gasteiger partial charge in [0.1, 0.15) is 12.4 Å². The fourth-order valence-electron chi connectivity index (χ4n) is 1.76. The lowest BCUT2D eigenvalue weighted by Crippen LogP contribution is -2.19. The third kappa shape index (κ3) is 4.20. The molecule has 0 radical (unpaired) electrons. The first kappa shape index (κ1) is 14.3.